The highest BCUT2D eigenvalue weighted by atomic mass is 32.2. The van der Waals surface area contributed by atoms with Crippen LogP contribution in [0.25, 0.3) is 11.3 Å². The summed E-state index contributed by atoms with van der Waals surface area (Å²) in [7, 11) is -2.40. The average molecular weight is 336 g/mol. The van der Waals surface area contributed by atoms with Gasteiger partial charge in [0.2, 0.25) is 15.9 Å². The normalized spacial score (nSPS) is 15.7. The Labute approximate surface area is 133 Å². The van der Waals surface area contributed by atoms with Crippen molar-refractivity contribution in [2.45, 2.75) is 11.1 Å². The lowest BCUT2D eigenvalue weighted by Gasteiger charge is -2.18. The van der Waals surface area contributed by atoms with E-state index in [4.69, 9.17) is 9.88 Å². The van der Waals surface area contributed by atoms with Crippen molar-refractivity contribution in [1.82, 2.24) is 26.9 Å². The molecular formula is C13H16N6O3S. The smallest absolute Gasteiger partial charge is 0.238 e. The number of methoxy groups -OCH3 is 1. The predicted molar refractivity (Wildman–Crippen MR) is 82.9 cm³/mol. The third-order valence-electron chi connectivity index (χ3n) is 3.37. The SMILES string of the molecule is COc1cccc(-c2cccc(S(N)(=O)=O)c2C2NNNN2)n1. The number of hydrogen-bond donors (Lipinski definition) is 5. The quantitative estimate of drug-likeness (QED) is 0.506. The fourth-order valence-corrected chi connectivity index (χ4v) is 3.19. The van der Waals surface area contributed by atoms with E-state index in [0.29, 0.717) is 22.7 Å². The maximum Gasteiger partial charge on any atom is 0.238 e. The summed E-state index contributed by atoms with van der Waals surface area (Å²) in [5, 5.41) is 5.36. The lowest BCUT2D eigenvalue weighted by atomic mass is 10.0. The monoisotopic (exact) mass is 336 g/mol. The first-order chi connectivity index (χ1) is 11.0. The molecule has 1 aromatic heterocycles. The first-order valence-corrected chi connectivity index (χ1v) is 8.23. The summed E-state index contributed by atoms with van der Waals surface area (Å²) in [4.78, 5) is 4.37. The Morgan fingerprint density at radius 3 is 2.48 bits per heavy atom. The molecule has 2 aromatic rings. The average Bonchev–Trinajstić information content (AvgIpc) is 3.07. The van der Waals surface area contributed by atoms with Crippen LogP contribution < -0.4 is 31.8 Å². The van der Waals surface area contributed by atoms with Gasteiger partial charge in [0.25, 0.3) is 0 Å². The number of benzene rings is 1. The van der Waals surface area contributed by atoms with Gasteiger partial charge in [-0.2, -0.15) is 11.1 Å². The number of primary sulfonamides is 1. The summed E-state index contributed by atoms with van der Waals surface area (Å²) in [6.45, 7) is 0. The molecule has 1 saturated heterocycles. The van der Waals surface area contributed by atoms with Crippen molar-refractivity contribution in [1.29, 1.82) is 0 Å². The highest BCUT2D eigenvalue weighted by molar-refractivity contribution is 7.89. The van der Waals surface area contributed by atoms with Crippen molar-refractivity contribution < 1.29 is 13.2 Å². The molecule has 0 bridgehead atoms. The molecule has 0 saturated carbocycles. The van der Waals surface area contributed by atoms with Gasteiger partial charge >= 0.3 is 0 Å². The first kappa shape index (κ1) is 15.8. The Morgan fingerprint density at radius 2 is 1.83 bits per heavy atom. The van der Waals surface area contributed by atoms with Gasteiger partial charge in [-0.15, -0.1) is 0 Å². The molecule has 1 aromatic carbocycles. The molecule has 9 nitrogen and oxygen atoms in total. The van der Waals surface area contributed by atoms with Crippen LogP contribution in [0.5, 0.6) is 5.88 Å². The standard InChI is InChI=1S/C13H16N6O3S/c1-22-11-7-3-5-9(15-11)8-4-2-6-10(23(14,20)21)12(8)13-16-18-19-17-13/h2-7,13,16-19H,1H3,(H2,14,20,21). The van der Waals surface area contributed by atoms with Gasteiger partial charge in [-0.05, 0) is 12.1 Å². The van der Waals surface area contributed by atoms with Gasteiger partial charge in [0.05, 0.1) is 17.7 Å². The molecule has 0 unspecified atom stereocenters. The second kappa shape index (κ2) is 6.20. The Morgan fingerprint density at radius 1 is 1.13 bits per heavy atom. The van der Waals surface area contributed by atoms with E-state index in [0.717, 1.165) is 0 Å². The van der Waals surface area contributed by atoms with Crippen molar-refractivity contribution >= 4 is 10.0 Å². The van der Waals surface area contributed by atoms with Gasteiger partial charge < -0.3 is 4.74 Å². The Bertz CT molecular complexity index is 820. The Balaban J connectivity index is 2.23. The van der Waals surface area contributed by atoms with Crippen LogP contribution in [-0.4, -0.2) is 20.5 Å². The molecule has 1 fully saturated rings. The molecule has 0 atom stereocenters. The summed E-state index contributed by atoms with van der Waals surface area (Å²) in [5.74, 6) is 0.429. The van der Waals surface area contributed by atoms with Crippen LogP contribution in [-0.2, 0) is 10.0 Å². The first-order valence-electron chi connectivity index (χ1n) is 6.69. The number of nitrogens with one attached hydrogen (secondary N) is 4. The third kappa shape index (κ3) is 3.17. The second-order valence-corrected chi connectivity index (χ2v) is 6.33. The van der Waals surface area contributed by atoms with Crippen LogP contribution in [0.1, 0.15) is 11.7 Å². The van der Waals surface area contributed by atoms with Crippen LogP contribution in [0.4, 0.5) is 0 Å². The molecule has 0 amide bonds. The number of aromatic nitrogens is 1. The number of sulfonamides is 1. The van der Waals surface area contributed by atoms with Crippen LogP contribution in [0, 0.1) is 0 Å². The molecule has 0 aliphatic carbocycles. The molecule has 2 heterocycles. The molecule has 3 rings (SSSR count). The van der Waals surface area contributed by atoms with E-state index in [2.05, 4.69) is 26.9 Å². The zero-order valence-electron chi connectivity index (χ0n) is 12.2. The summed E-state index contributed by atoms with van der Waals surface area (Å²) >= 11 is 0. The predicted octanol–water partition coefficient (Wildman–Crippen LogP) is -0.480. The van der Waals surface area contributed by atoms with Gasteiger partial charge in [0, 0.05) is 17.2 Å². The largest absolute Gasteiger partial charge is 0.481 e. The number of hydrogen-bond acceptors (Lipinski definition) is 8. The van der Waals surface area contributed by atoms with Gasteiger partial charge in [0.15, 0.2) is 0 Å². The molecule has 1 aliphatic rings. The molecule has 6 N–H and O–H groups in total. The van der Waals surface area contributed by atoms with E-state index < -0.39 is 16.2 Å². The van der Waals surface area contributed by atoms with Crippen molar-refractivity contribution in [3.8, 4) is 17.1 Å². The van der Waals surface area contributed by atoms with Crippen molar-refractivity contribution in [2.24, 2.45) is 5.14 Å². The minimum Gasteiger partial charge on any atom is -0.481 e. The van der Waals surface area contributed by atoms with Gasteiger partial charge in [-0.3, -0.25) is 0 Å². The van der Waals surface area contributed by atoms with Gasteiger partial charge in [0.1, 0.15) is 6.17 Å². The fraction of sp³-hybridized carbons (Fsp3) is 0.154. The van der Waals surface area contributed by atoms with Crippen molar-refractivity contribution in [3.63, 3.8) is 0 Å². The summed E-state index contributed by atoms with van der Waals surface area (Å²) in [5.41, 5.74) is 12.7. The van der Waals surface area contributed by atoms with E-state index in [-0.39, 0.29) is 4.90 Å². The molecule has 122 valence electrons. The Kier molecular flexibility index (Phi) is 4.26. The zero-order chi connectivity index (χ0) is 16.4. The van der Waals surface area contributed by atoms with E-state index in [1.807, 2.05) is 0 Å². The maximum absolute atomic E-state index is 12.0. The Hall–Kier alpha value is -2.08. The number of rotatable bonds is 4. The highest BCUT2D eigenvalue weighted by Crippen LogP contribution is 2.32. The summed E-state index contributed by atoms with van der Waals surface area (Å²) in [6.07, 6.45) is -0.521. The van der Waals surface area contributed by atoms with Gasteiger partial charge in [-0.25, -0.2) is 29.4 Å². The summed E-state index contributed by atoms with van der Waals surface area (Å²) < 4.78 is 29.0. The van der Waals surface area contributed by atoms with Crippen molar-refractivity contribution in [2.75, 3.05) is 7.11 Å². The molecule has 1 aliphatic heterocycles. The van der Waals surface area contributed by atoms with E-state index >= 15 is 0 Å². The molecular weight excluding hydrogens is 320 g/mol. The lowest BCUT2D eigenvalue weighted by Crippen LogP contribution is -2.33. The number of nitrogens with two attached hydrogens (primary N) is 1. The van der Waals surface area contributed by atoms with Crippen LogP contribution in [0.2, 0.25) is 0 Å². The second-order valence-electron chi connectivity index (χ2n) is 4.80. The lowest BCUT2D eigenvalue weighted by molar-refractivity contribution is 0.398. The van der Waals surface area contributed by atoms with Crippen LogP contribution in [0.3, 0.4) is 0 Å². The molecule has 0 radical (unpaired) electrons. The number of ether oxygens (including phenoxy) is 1. The topological polar surface area (TPSA) is 130 Å². The minimum absolute atomic E-state index is 0.00937. The number of nitrogens with zero attached hydrogens (tertiary/aromatic N) is 1. The fourth-order valence-electron chi connectivity index (χ4n) is 2.39. The maximum atomic E-state index is 12.0. The zero-order valence-corrected chi connectivity index (χ0v) is 13.0. The van der Waals surface area contributed by atoms with E-state index in [1.165, 1.54) is 13.2 Å². The number of hydrazine groups is 3. The molecule has 0 spiro atoms. The molecule has 23 heavy (non-hydrogen) atoms. The van der Waals surface area contributed by atoms with Crippen molar-refractivity contribution in [3.05, 3.63) is 42.0 Å². The molecule has 10 heteroatoms. The van der Waals surface area contributed by atoms with E-state index in [1.54, 1.807) is 30.3 Å². The van der Waals surface area contributed by atoms with Crippen LogP contribution >= 0.6 is 0 Å². The minimum atomic E-state index is -3.91. The number of pyridine rings is 1. The van der Waals surface area contributed by atoms with E-state index in [9.17, 15) is 8.42 Å². The third-order valence-corrected chi connectivity index (χ3v) is 4.33. The van der Waals surface area contributed by atoms with Crippen LogP contribution in [0.15, 0.2) is 41.3 Å². The highest BCUT2D eigenvalue weighted by Gasteiger charge is 2.27. The van der Waals surface area contributed by atoms with Gasteiger partial charge in [-0.1, -0.05) is 18.2 Å². The summed E-state index contributed by atoms with van der Waals surface area (Å²) in [6, 6.07) is 10.1.